The summed E-state index contributed by atoms with van der Waals surface area (Å²) in [5, 5.41) is 17.1. The topological polar surface area (TPSA) is 58.3 Å². The molecular weight excluding hydrogens is 204 g/mol. The summed E-state index contributed by atoms with van der Waals surface area (Å²) in [6.45, 7) is 0.925. The van der Waals surface area contributed by atoms with Gasteiger partial charge in [-0.25, -0.2) is 0 Å². The lowest BCUT2D eigenvalue weighted by Gasteiger charge is -2.12. The lowest BCUT2D eigenvalue weighted by atomic mass is 10.1. The molecule has 0 atom stereocenters. The molecule has 82 valence electrons. The number of benzene rings is 1. The van der Waals surface area contributed by atoms with E-state index in [1.165, 1.54) is 0 Å². The molecule has 0 saturated heterocycles. The second-order valence-corrected chi connectivity index (χ2v) is 3.88. The summed E-state index contributed by atoms with van der Waals surface area (Å²) < 4.78 is 5.27. The van der Waals surface area contributed by atoms with Crippen molar-refractivity contribution < 1.29 is 9.63 Å². The number of rotatable bonds is 1. The van der Waals surface area contributed by atoms with Crippen molar-refractivity contribution >= 4 is 5.69 Å². The van der Waals surface area contributed by atoms with E-state index in [2.05, 4.69) is 10.5 Å². The average molecular weight is 216 g/mol. The summed E-state index contributed by atoms with van der Waals surface area (Å²) in [7, 11) is 0. The van der Waals surface area contributed by atoms with Gasteiger partial charge in [0.1, 0.15) is 17.1 Å². The van der Waals surface area contributed by atoms with Gasteiger partial charge < -0.3 is 14.9 Å². The van der Waals surface area contributed by atoms with Gasteiger partial charge in [0, 0.05) is 18.5 Å². The van der Waals surface area contributed by atoms with Crippen molar-refractivity contribution in [2.75, 3.05) is 11.9 Å². The highest BCUT2D eigenvalue weighted by atomic mass is 16.5. The van der Waals surface area contributed by atoms with Crippen LogP contribution in [0.15, 0.2) is 28.8 Å². The van der Waals surface area contributed by atoms with Crippen molar-refractivity contribution in [3.63, 3.8) is 0 Å². The van der Waals surface area contributed by atoms with Gasteiger partial charge in [0.2, 0.25) is 0 Å². The smallest absolute Gasteiger partial charge is 0.160 e. The fraction of sp³-hybridized carbons (Fsp3) is 0.250. The third-order valence-electron chi connectivity index (χ3n) is 2.80. The Balaban J connectivity index is 2.13. The fourth-order valence-corrected chi connectivity index (χ4v) is 2.00. The molecule has 0 spiro atoms. The lowest BCUT2D eigenvalue weighted by molar-refractivity contribution is 0.381. The molecule has 0 saturated carbocycles. The molecule has 0 radical (unpaired) electrons. The van der Waals surface area contributed by atoms with Gasteiger partial charge in [0.25, 0.3) is 0 Å². The number of aryl methyl sites for hydroxylation is 1. The van der Waals surface area contributed by atoms with E-state index < -0.39 is 0 Å². The van der Waals surface area contributed by atoms with Crippen LogP contribution < -0.4 is 5.32 Å². The summed E-state index contributed by atoms with van der Waals surface area (Å²) in [6, 6.07) is 7.15. The minimum absolute atomic E-state index is 0.228. The highest BCUT2D eigenvalue weighted by Gasteiger charge is 2.21. The first-order chi connectivity index (χ1) is 7.86. The van der Waals surface area contributed by atoms with E-state index in [-0.39, 0.29) is 5.75 Å². The number of anilines is 1. The zero-order valence-corrected chi connectivity index (χ0v) is 8.73. The van der Waals surface area contributed by atoms with Crippen LogP contribution in [0.2, 0.25) is 0 Å². The van der Waals surface area contributed by atoms with E-state index in [0.717, 1.165) is 30.8 Å². The van der Waals surface area contributed by atoms with Crippen LogP contribution in [0.4, 0.5) is 5.69 Å². The zero-order valence-electron chi connectivity index (χ0n) is 8.73. The second-order valence-electron chi connectivity index (χ2n) is 3.88. The maximum Gasteiger partial charge on any atom is 0.160 e. The second kappa shape index (κ2) is 3.56. The maximum atomic E-state index is 9.77. The Bertz CT molecular complexity index is 519. The molecule has 1 aromatic carbocycles. The van der Waals surface area contributed by atoms with Gasteiger partial charge >= 0.3 is 0 Å². The Morgan fingerprint density at radius 2 is 2.19 bits per heavy atom. The van der Waals surface area contributed by atoms with E-state index in [4.69, 9.17) is 4.52 Å². The number of para-hydroxylation sites is 1. The van der Waals surface area contributed by atoms with Crippen molar-refractivity contribution in [3.8, 4) is 17.0 Å². The zero-order chi connectivity index (χ0) is 11.0. The number of aromatic hydroxyl groups is 1. The first-order valence-corrected chi connectivity index (χ1v) is 5.37. The van der Waals surface area contributed by atoms with Crippen molar-refractivity contribution in [1.82, 2.24) is 5.16 Å². The molecule has 16 heavy (non-hydrogen) atoms. The van der Waals surface area contributed by atoms with E-state index >= 15 is 0 Å². The van der Waals surface area contributed by atoms with Gasteiger partial charge in [-0.1, -0.05) is 17.3 Å². The summed E-state index contributed by atoms with van der Waals surface area (Å²) in [4.78, 5) is 0. The van der Waals surface area contributed by atoms with Crippen LogP contribution in [-0.4, -0.2) is 16.8 Å². The van der Waals surface area contributed by atoms with Crippen LogP contribution in [0, 0.1) is 0 Å². The van der Waals surface area contributed by atoms with Crippen LogP contribution in [0.5, 0.6) is 5.75 Å². The van der Waals surface area contributed by atoms with Crippen molar-refractivity contribution in [2.24, 2.45) is 0 Å². The number of phenols is 1. The van der Waals surface area contributed by atoms with Gasteiger partial charge in [-0.2, -0.15) is 0 Å². The van der Waals surface area contributed by atoms with Crippen molar-refractivity contribution in [2.45, 2.75) is 12.8 Å². The normalized spacial score (nSPS) is 14.2. The summed E-state index contributed by atoms with van der Waals surface area (Å²) in [5.74, 6) is 1.11. The molecule has 0 bridgehead atoms. The Morgan fingerprint density at radius 3 is 3.06 bits per heavy atom. The molecule has 0 fully saturated rings. The molecule has 2 aromatic rings. The molecule has 2 heterocycles. The number of nitrogens with one attached hydrogen (secondary N) is 1. The number of fused-ring (bicyclic) bond motifs is 1. The van der Waals surface area contributed by atoms with E-state index in [9.17, 15) is 5.11 Å². The van der Waals surface area contributed by atoms with Crippen LogP contribution in [-0.2, 0) is 6.42 Å². The third-order valence-corrected chi connectivity index (χ3v) is 2.80. The molecular formula is C12H12N2O2. The van der Waals surface area contributed by atoms with Crippen molar-refractivity contribution in [1.29, 1.82) is 0 Å². The number of nitrogens with zero attached hydrogens (tertiary/aromatic N) is 1. The van der Waals surface area contributed by atoms with Gasteiger partial charge in [0.05, 0.1) is 0 Å². The third kappa shape index (κ3) is 1.34. The largest absolute Gasteiger partial charge is 0.507 e. The van der Waals surface area contributed by atoms with Gasteiger partial charge in [0.15, 0.2) is 5.76 Å². The molecule has 0 unspecified atom stereocenters. The van der Waals surface area contributed by atoms with Gasteiger partial charge in [-0.3, -0.25) is 0 Å². The predicted molar refractivity (Wildman–Crippen MR) is 60.4 cm³/mol. The Labute approximate surface area is 92.9 Å². The standard InChI is InChI=1S/C12H12N2O2/c15-9-5-2-1-4-8(9)11-12-10(16-14-11)6-3-7-13-12/h1-2,4-5,13,15H,3,6-7H2. The number of hydrogen-bond acceptors (Lipinski definition) is 4. The molecule has 1 aliphatic rings. The van der Waals surface area contributed by atoms with E-state index in [1.807, 2.05) is 12.1 Å². The molecule has 3 rings (SSSR count). The van der Waals surface area contributed by atoms with Crippen LogP contribution in [0.1, 0.15) is 12.2 Å². The Hall–Kier alpha value is -1.97. The average Bonchev–Trinajstić information content (AvgIpc) is 2.74. The molecule has 0 aliphatic carbocycles. The maximum absolute atomic E-state index is 9.77. The predicted octanol–water partition coefficient (Wildman–Crippen LogP) is 2.41. The monoisotopic (exact) mass is 216 g/mol. The SMILES string of the molecule is Oc1ccccc1-c1noc2c1NCCC2. The Morgan fingerprint density at radius 1 is 1.31 bits per heavy atom. The van der Waals surface area contributed by atoms with Gasteiger partial charge in [-0.05, 0) is 18.6 Å². The summed E-state index contributed by atoms with van der Waals surface area (Å²) in [5.41, 5.74) is 2.34. The quantitative estimate of drug-likeness (QED) is 0.768. The molecule has 2 N–H and O–H groups in total. The molecule has 1 aromatic heterocycles. The fourth-order valence-electron chi connectivity index (χ4n) is 2.00. The summed E-state index contributed by atoms with van der Waals surface area (Å²) in [6.07, 6.45) is 1.96. The molecule has 4 heteroatoms. The highest BCUT2D eigenvalue weighted by molar-refractivity contribution is 5.79. The first-order valence-electron chi connectivity index (χ1n) is 5.37. The van der Waals surface area contributed by atoms with E-state index in [0.29, 0.717) is 11.3 Å². The number of aromatic nitrogens is 1. The van der Waals surface area contributed by atoms with Crippen molar-refractivity contribution in [3.05, 3.63) is 30.0 Å². The van der Waals surface area contributed by atoms with Crippen LogP contribution >= 0.6 is 0 Å². The number of phenolic OH excluding ortho intramolecular Hbond substituents is 1. The molecule has 4 nitrogen and oxygen atoms in total. The van der Waals surface area contributed by atoms with Crippen LogP contribution in [0.25, 0.3) is 11.3 Å². The Kier molecular flexibility index (Phi) is 2.06. The minimum Gasteiger partial charge on any atom is -0.507 e. The first kappa shape index (κ1) is 9.27. The molecule has 0 amide bonds. The number of hydrogen-bond donors (Lipinski definition) is 2. The summed E-state index contributed by atoms with van der Waals surface area (Å²) >= 11 is 0. The van der Waals surface area contributed by atoms with Gasteiger partial charge in [-0.15, -0.1) is 0 Å². The van der Waals surface area contributed by atoms with E-state index in [1.54, 1.807) is 12.1 Å². The molecule has 1 aliphatic heterocycles. The highest BCUT2D eigenvalue weighted by Crippen LogP contribution is 2.37. The minimum atomic E-state index is 0.228. The lowest BCUT2D eigenvalue weighted by Crippen LogP contribution is -2.10. The van der Waals surface area contributed by atoms with Crippen LogP contribution in [0.3, 0.4) is 0 Å².